The number of fused-ring (bicyclic) bond motifs is 1. The monoisotopic (exact) mass is 492 g/mol. The molecule has 1 aliphatic rings. The summed E-state index contributed by atoms with van der Waals surface area (Å²) in [7, 11) is -3.82. The predicted octanol–water partition coefficient (Wildman–Crippen LogP) is 5.28. The molecule has 1 aliphatic heterocycles. The van der Waals surface area contributed by atoms with Gasteiger partial charge in [0.2, 0.25) is 0 Å². The van der Waals surface area contributed by atoms with Gasteiger partial charge in [0.1, 0.15) is 6.04 Å². The van der Waals surface area contributed by atoms with Gasteiger partial charge >= 0.3 is 5.97 Å². The van der Waals surface area contributed by atoms with Gasteiger partial charge in [-0.05, 0) is 58.7 Å². The molecule has 7 heteroatoms. The number of carboxylic acid groups (broad SMARTS) is 1. The molecule has 1 saturated heterocycles. The lowest BCUT2D eigenvalue weighted by Gasteiger charge is -2.32. The number of hydrogen-bond donors (Lipinski definition) is 2. The van der Waals surface area contributed by atoms with Crippen LogP contribution in [-0.2, 0) is 15.0 Å². The Morgan fingerprint density at radius 3 is 2.29 bits per heavy atom. The van der Waals surface area contributed by atoms with Gasteiger partial charge in [-0.1, -0.05) is 86.2 Å². The second-order valence-electron chi connectivity index (χ2n) is 9.08. The summed E-state index contributed by atoms with van der Waals surface area (Å²) in [5.41, 5.74) is 3.47. The zero-order chi connectivity index (χ0) is 24.8. The first-order valence-corrected chi connectivity index (χ1v) is 13.6. The van der Waals surface area contributed by atoms with Gasteiger partial charge < -0.3 is 5.11 Å². The smallest absolute Gasteiger partial charge is 0.321 e. The lowest BCUT2D eigenvalue weighted by atomic mass is 9.90. The molecular weight excluding hydrogens is 460 g/mol. The van der Waals surface area contributed by atoms with Crippen molar-refractivity contribution >= 4 is 39.1 Å². The zero-order valence-electron chi connectivity index (χ0n) is 19.9. The Labute approximate surface area is 207 Å². The van der Waals surface area contributed by atoms with Crippen molar-refractivity contribution in [1.82, 2.24) is 9.03 Å². The second-order valence-corrected chi connectivity index (χ2v) is 10.8. The van der Waals surface area contributed by atoms with Crippen LogP contribution in [0.1, 0.15) is 55.2 Å². The minimum Gasteiger partial charge on any atom is -0.480 e. The van der Waals surface area contributed by atoms with Gasteiger partial charge in [-0.25, -0.2) is 0 Å². The van der Waals surface area contributed by atoms with Crippen molar-refractivity contribution in [3.8, 4) is 0 Å². The standard InChI is InChI=1S/C28H32N2O4S/c1-2-5-27(28(31)32)29-35(33,34)30-18-16-25(17-19-30)24-13-10-21(11-14-24)8-9-22-12-15-23-6-3-4-7-26(23)20-22/h3-4,6-15,20,25,27,29H,2,5,16-19H2,1H3,(H,31,32)/b9-8+/t27-/m0/s1. The van der Waals surface area contributed by atoms with Crippen LogP contribution in [0.2, 0.25) is 0 Å². The van der Waals surface area contributed by atoms with E-state index < -0.39 is 22.2 Å². The van der Waals surface area contributed by atoms with Crippen molar-refractivity contribution in [2.45, 2.75) is 44.6 Å². The number of carbonyl (C=O) groups is 1. The summed E-state index contributed by atoms with van der Waals surface area (Å²) >= 11 is 0. The number of aliphatic carboxylic acids is 1. The van der Waals surface area contributed by atoms with Gasteiger partial charge in [0.15, 0.2) is 0 Å². The maximum atomic E-state index is 12.7. The topological polar surface area (TPSA) is 86.7 Å². The fourth-order valence-electron chi connectivity index (χ4n) is 4.59. The van der Waals surface area contributed by atoms with Crippen molar-refractivity contribution < 1.29 is 18.3 Å². The van der Waals surface area contributed by atoms with Gasteiger partial charge in [0.05, 0.1) is 0 Å². The highest BCUT2D eigenvalue weighted by Gasteiger charge is 2.32. The molecule has 6 nitrogen and oxygen atoms in total. The summed E-state index contributed by atoms with van der Waals surface area (Å²) in [6, 6.07) is 22.1. The average molecular weight is 493 g/mol. The third kappa shape index (κ3) is 6.36. The van der Waals surface area contributed by atoms with Gasteiger partial charge in [0, 0.05) is 13.1 Å². The van der Waals surface area contributed by atoms with Gasteiger partial charge in [-0.2, -0.15) is 17.4 Å². The number of nitrogens with one attached hydrogen (secondary N) is 1. The summed E-state index contributed by atoms with van der Waals surface area (Å²) < 4.78 is 29.1. The molecule has 3 aromatic rings. The number of piperidine rings is 1. The maximum Gasteiger partial charge on any atom is 0.321 e. The van der Waals surface area contributed by atoms with Crippen molar-refractivity contribution in [3.63, 3.8) is 0 Å². The molecule has 0 aromatic heterocycles. The fraction of sp³-hybridized carbons (Fsp3) is 0.321. The van der Waals surface area contributed by atoms with Crippen LogP contribution >= 0.6 is 0 Å². The molecule has 4 rings (SSSR count). The van der Waals surface area contributed by atoms with Gasteiger partial charge in [-0.15, -0.1) is 0 Å². The van der Waals surface area contributed by atoms with E-state index in [1.807, 2.05) is 19.1 Å². The normalized spacial score (nSPS) is 16.6. The highest BCUT2D eigenvalue weighted by atomic mass is 32.2. The maximum absolute atomic E-state index is 12.7. The van der Waals surface area contributed by atoms with Crippen LogP contribution in [0.15, 0.2) is 66.7 Å². The Balaban J connectivity index is 1.34. The molecule has 1 fully saturated rings. The van der Waals surface area contributed by atoms with Crippen molar-refractivity contribution in [3.05, 3.63) is 83.4 Å². The molecule has 184 valence electrons. The molecule has 35 heavy (non-hydrogen) atoms. The highest BCUT2D eigenvalue weighted by Crippen LogP contribution is 2.29. The molecule has 0 unspecified atom stereocenters. The predicted molar refractivity (Wildman–Crippen MR) is 141 cm³/mol. The Morgan fingerprint density at radius 2 is 1.63 bits per heavy atom. The average Bonchev–Trinajstić information content (AvgIpc) is 2.87. The van der Waals surface area contributed by atoms with E-state index in [9.17, 15) is 18.3 Å². The number of hydrogen-bond acceptors (Lipinski definition) is 3. The first-order valence-electron chi connectivity index (χ1n) is 12.1. The van der Waals surface area contributed by atoms with Crippen LogP contribution in [0, 0.1) is 0 Å². The highest BCUT2D eigenvalue weighted by molar-refractivity contribution is 7.87. The van der Waals surface area contributed by atoms with E-state index in [4.69, 9.17) is 0 Å². The largest absolute Gasteiger partial charge is 0.480 e. The van der Waals surface area contributed by atoms with Crippen LogP contribution in [0.4, 0.5) is 0 Å². The van der Waals surface area contributed by atoms with Gasteiger partial charge in [0.25, 0.3) is 10.2 Å². The number of nitrogens with zero attached hydrogens (tertiary/aromatic N) is 1. The van der Waals surface area contributed by atoms with Crippen LogP contribution in [0.3, 0.4) is 0 Å². The van der Waals surface area contributed by atoms with Crippen LogP contribution in [-0.4, -0.2) is 42.9 Å². The van der Waals surface area contributed by atoms with E-state index in [0.29, 0.717) is 32.4 Å². The van der Waals surface area contributed by atoms with Crippen LogP contribution in [0.25, 0.3) is 22.9 Å². The van der Waals surface area contributed by atoms with Crippen molar-refractivity contribution in [2.75, 3.05) is 13.1 Å². The quantitative estimate of drug-likeness (QED) is 0.398. The molecule has 0 spiro atoms. The Bertz CT molecular complexity index is 1290. The second kappa shape index (κ2) is 11.2. The number of rotatable bonds is 9. The fourth-order valence-corrected chi connectivity index (χ4v) is 6.01. The summed E-state index contributed by atoms with van der Waals surface area (Å²) in [5.74, 6) is -0.856. The first-order chi connectivity index (χ1) is 16.9. The van der Waals surface area contributed by atoms with Gasteiger partial charge in [-0.3, -0.25) is 4.79 Å². The van der Waals surface area contributed by atoms with Crippen LogP contribution < -0.4 is 4.72 Å². The lowest BCUT2D eigenvalue weighted by molar-refractivity contribution is -0.139. The minimum absolute atomic E-state index is 0.271. The van der Waals surface area contributed by atoms with E-state index >= 15 is 0 Å². The Hall–Kier alpha value is -3.00. The molecular formula is C28H32N2O4S. The summed E-state index contributed by atoms with van der Waals surface area (Å²) in [5, 5.41) is 11.7. The minimum atomic E-state index is -3.82. The third-order valence-corrected chi connectivity index (χ3v) is 8.24. The van der Waals surface area contributed by atoms with E-state index in [1.54, 1.807) is 0 Å². The van der Waals surface area contributed by atoms with Crippen molar-refractivity contribution in [2.24, 2.45) is 0 Å². The Morgan fingerprint density at radius 1 is 1.00 bits per heavy atom. The molecule has 0 amide bonds. The molecule has 0 radical (unpaired) electrons. The SMILES string of the molecule is CCC[C@H](NS(=O)(=O)N1CCC(c2ccc(/C=C/c3ccc4ccccc4c3)cc2)CC1)C(=O)O. The van der Waals surface area contributed by atoms with Crippen molar-refractivity contribution in [1.29, 1.82) is 0 Å². The lowest BCUT2D eigenvalue weighted by Crippen LogP contribution is -2.50. The zero-order valence-corrected chi connectivity index (χ0v) is 20.7. The molecule has 2 N–H and O–H groups in total. The Kier molecular flexibility index (Phi) is 8.00. The van der Waals surface area contributed by atoms with Crippen LogP contribution in [0.5, 0.6) is 0 Å². The number of benzene rings is 3. The first kappa shape index (κ1) is 25.1. The summed E-state index contributed by atoms with van der Waals surface area (Å²) in [4.78, 5) is 11.3. The third-order valence-electron chi connectivity index (χ3n) is 6.61. The molecule has 1 atom stereocenters. The van der Waals surface area contributed by atoms with E-state index in [2.05, 4.69) is 71.5 Å². The molecule has 0 bridgehead atoms. The molecule has 0 aliphatic carbocycles. The molecule has 0 saturated carbocycles. The summed E-state index contributed by atoms with van der Waals surface area (Å²) in [6.07, 6.45) is 6.49. The molecule has 3 aromatic carbocycles. The van der Waals surface area contributed by atoms with E-state index in [1.165, 1.54) is 20.6 Å². The van der Waals surface area contributed by atoms with E-state index in [0.717, 1.165) is 11.1 Å². The number of carboxylic acids is 1. The molecule has 1 heterocycles. The summed E-state index contributed by atoms with van der Waals surface area (Å²) in [6.45, 7) is 2.59. The van der Waals surface area contributed by atoms with E-state index in [-0.39, 0.29) is 12.3 Å².